The highest BCUT2D eigenvalue weighted by Gasteiger charge is 2.36. The van der Waals surface area contributed by atoms with Crippen molar-refractivity contribution in [1.82, 2.24) is 5.32 Å². The Morgan fingerprint density at radius 3 is 2.04 bits per heavy atom. The minimum absolute atomic E-state index is 0.171. The first-order valence-corrected chi connectivity index (χ1v) is 8.66. The van der Waals surface area contributed by atoms with Gasteiger partial charge in [-0.1, -0.05) is 30.3 Å². The summed E-state index contributed by atoms with van der Waals surface area (Å²) in [5, 5.41) is 5.74. The van der Waals surface area contributed by atoms with E-state index in [0.717, 1.165) is 11.3 Å². The van der Waals surface area contributed by atoms with E-state index in [4.69, 9.17) is 0 Å². The summed E-state index contributed by atoms with van der Waals surface area (Å²) in [6, 6.07) is 17.0. The number of nitrogens with one attached hydrogen (secondary N) is 2. The van der Waals surface area contributed by atoms with Crippen LogP contribution in [0.1, 0.15) is 32.4 Å². The lowest BCUT2D eigenvalue weighted by Crippen LogP contribution is -2.45. The lowest BCUT2D eigenvalue weighted by Gasteiger charge is -2.25. The summed E-state index contributed by atoms with van der Waals surface area (Å²) in [6.07, 6.45) is 0. The molecular formula is C21H27N3O2. The van der Waals surface area contributed by atoms with Gasteiger partial charge in [0, 0.05) is 25.5 Å². The van der Waals surface area contributed by atoms with E-state index in [-0.39, 0.29) is 17.9 Å². The van der Waals surface area contributed by atoms with Gasteiger partial charge in [0.1, 0.15) is 5.41 Å². The highest BCUT2D eigenvalue weighted by molar-refractivity contribution is 6.10. The molecule has 0 aliphatic carbocycles. The van der Waals surface area contributed by atoms with Gasteiger partial charge in [0.05, 0.1) is 6.04 Å². The molecule has 0 bridgehead atoms. The van der Waals surface area contributed by atoms with Gasteiger partial charge in [-0.15, -0.1) is 0 Å². The zero-order valence-corrected chi connectivity index (χ0v) is 16.0. The molecule has 2 aromatic rings. The molecular weight excluding hydrogens is 326 g/mol. The highest BCUT2D eigenvalue weighted by Crippen LogP contribution is 2.22. The van der Waals surface area contributed by atoms with E-state index in [1.165, 1.54) is 0 Å². The van der Waals surface area contributed by atoms with Crippen molar-refractivity contribution in [3.05, 3.63) is 60.2 Å². The summed E-state index contributed by atoms with van der Waals surface area (Å²) < 4.78 is 0. The van der Waals surface area contributed by atoms with Crippen molar-refractivity contribution >= 4 is 23.2 Å². The molecule has 5 nitrogen and oxygen atoms in total. The molecule has 26 heavy (non-hydrogen) atoms. The topological polar surface area (TPSA) is 61.4 Å². The standard InChI is InChI=1S/C21H27N3O2/c1-15(16-9-7-6-8-10-16)22-19(25)21(2,3)20(26)23-17-11-13-18(14-12-17)24(4)5/h6-15H,1-5H3,(H,22,25)(H,23,26). The predicted octanol–water partition coefficient (Wildman–Crippen LogP) is 3.59. The molecule has 0 saturated heterocycles. The normalized spacial score (nSPS) is 12.2. The summed E-state index contributed by atoms with van der Waals surface area (Å²) in [5.41, 5.74) is 1.51. The number of rotatable bonds is 6. The lowest BCUT2D eigenvalue weighted by atomic mass is 9.90. The summed E-state index contributed by atoms with van der Waals surface area (Å²) in [7, 11) is 3.91. The molecule has 0 fully saturated rings. The van der Waals surface area contributed by atoms with Crippen molar-refractivity contribution in [3.8, 4) is 0 Å². The second-order valence-electron chi connectivity index (χ2n) is 7.13. The third kappa shape index (κ3) is 4.63. The lowest BCUT2D eigenvalue weighted by molar-refractivity contribution is -0.138. The average molecular weight is 353 g/mol. The monoisotopic (exact) mass is 353 g/mol. The Labute approximate surface area is 155 Å². The van der Waals surface area contributed by atoms with Crippen molar-refractivity contribution in [2.24, 2.45) is 5.41 Å². The van der Waals surface area contributed by atoms with E-state index in [0.29, 0.717) is 5.69 Å². The molecule has 1 atom stereocenters. The number of anilines is 2. The maximum Gasteiger partial charge on any atom is 0.239 e. The number of amides is 2. The second-order valence-corrected chi connectivity index (χ2v) is 7.13. The van der Waals surface area contributed by atoms with Crippen molar-refractivity contribution in [1.29, 1.82) is 0 Å². The Balaban J connectivity index is 2.02. The molecule has 2 aromatic carbocycles. The Bertz CT molecular complexity index is 753. The van der Waals surface area contributed by atoms with Crippen LogP contribution in [0.3, 0.4) is 0 Å². The smallest absolute Gasteiger partial charge is 0.239 e. The minimum atomic E-state index is -1.19. The first-order chi connectivity index (χ1) is 12.2. The molecule has 2 rings (SSSR count). The second kappa shape index (κ2) is 8.04. The van der Waals surface area contributed by atoms with Crippen LogP contribution in [0, 0.1) is 5.41 Å². The Morgan fingerprint density at radius 1 is 0.923 bits per heavy atom. The van der Waals surface area contributed by atoms with Crippen molar-refractivity contribution in [3.63, 3.8) is 0 Å². The van der Waals surface area contributed by atoms with Gasteiger partial charge < -0.3 is 15.5 Å². The van der Waals surface area contributed by atoms with Gasteiger partial charge in [-0.3, -0.25) is 9.59 Å². The van der Waals surface area contributed by atoms with E-state index >= 15 is 0 Å². The quantitative estimate of drug-likeness (QED) is 0.780. The van der Waals surface area contributed by atoms with Crippen LogP contribution in [0.5, 0.6) is 0 Å². The zero-order chi connectivity index (χ0) is 19.3. The number of hydrogen-bond acceptors (Lipinski definition) is 3. The number of nitrogens with zero attached hydrogens (tertiary/aromatic N) is 1. The van der Waals surface area contributed by atoms with E-state index in [1.54, 1.807) is 13.8 Å². The molecule has 0 saturated carbocycles. The number of hydrogen-bond donors (Lipinski definition) is 2. The molecule has 138 valence electrons. The molecule has 0 aromatic heterocycles. The van der Waals surface area contributed by atoms with Gasteiger partial charge >= 0.3 is 0 Å². The molecule has 0 aliphatic rings. The Kier molecular flexibility index (Phi) is 6.03. The summed E-state index contributed by atoms with van der Waals surface area (Å²) in [6.45, 7) is 5.16. The van der Waals surface area contributed by atoms with Gasteiger partial charge in [-0.25, -0.2) is 0 Å². The van der Waals surface area contributed by atoms with Gasteiger partial charge in [-0.2, -0.15) is 0 Å². The fraction of sp³-hybridized carbons (Fsp3) is 0.333. The minimum Gasteiger partial charge on any atom is -0.378 e. The van der Waals surface area contributed by atoms with Crippen LogP contribution in [0.15, 0.2) is 54.6 Å². The summed E-state index contributed by atoms with van der Waals surface area (Å²) in [5.74, 6) is -0.649. The van der Waals surface area contributed by atoms with E-state index < -0.39 is 5.41 Å². The SMILES string of the molecule is CC(NC(=O)C(C)(C)C(=O)Nc1ccc(N(C)C)cc1)c1ccccc1. The van der Waals surface area contributed by atoms with Crippen LogP contribution in [0.4, 0.5) is 11.4 Å². The van der Waals surface area contributed by atoms with Gasteiger partial charge in [0.25, 0.3) is 0 Å². The number of benzene rings is 2. The van der Waals surface area contributed by atoms with Crippen LogP contribution in [-0.4, -0.2) is 25.9 Å². The van der Waals surface area contributed by atoms with E-state index in [1.807, 2.05) is 80.5 Å². The van der Waals surface area contributed by atoms with Crippen LogP contribution in [0.25, 0.3) is 0 Å². The third-order valence-corrected chi connectivity index (χ3v) is 4.42. The molecule has 0 radical (unpaired) electrons. The van der Waals surface area contributed by atoms with Gasteiger partial charge in [0.15, 0.2) is 0 Å². The fourth-order valence-corrected chi connectivity index (χ4v) is 2.44. The molecule has 2 N–H and O–H groups in total. The summed E-state index contributed by atoms with van der Waals surface area (Å²) in [4.78, 5) is 27.3. The summed E-state index contributed by atoms with van der Waals surface area (Å²) >= 11 is 0. The van der Waals surface area contributed by atoms with Gasteiger partial charge in [-0.05, 0) is 50.6 Å². The van der Waals surface area contributed by atoms with Crippen LogP contribution < -0.4 is 15.5 Å². The average Bonchev–Trinajstić information content (AvgIpc) is 2.62. The Hall–Kier alpha value is -2.82. The number of carbonyl (C=O) groups excluding carboxylic acids is 2. The molecule has 0 aliphatic heterocycles. The first-order valence-electron chi connectivity index (χ1n) is 8.66. The third-order valence-electron chi connectivity index (χ3n) is 4.42. The van der Waals surface area contributed by atoms with Crippen LogP contribution >= 0.6 is 0 Å². The first kappa shape index (κ1) is 19.5. The van der Waals surface area contributed by atoms with Crippen molar-refractivity contribution in [2.45, 2.75) is 26.8 Å². The molecule has 0 spiro atoms. The molecule has 0 heterocycles. The van der Waals surface area contributed by atoms with Crippen LogP contribution in [0.2, 0.25) is 0 Å². The maximum atomic E-state index is 12.6. The van der Waals surface area contributed by atoms with Gasteiger partial charge in [0.2, 0.25) is 11.8 Å². The van der Waals surface area contributed by atoms with E-state index in [2.05, 4.69) is 10.6 Å². The fourth-order valence-electron chi connectivity index (χ4n) is 2.44. The highest BCUT2D eigenvalue weighted by atomic mass is 16.2. The molecule has 5 heteroatoms. The largest absolute Gasteiger partial charge is 0.378 e. The van der Waals surface area contributed by atoms with Crippen molar-refractivity contribution < 1.29 is 9.59 Å². The molecule has 2 amide bonds. The maximum absolute atomic E-state index is 12.6. The zero-order valence-electron chi connectivity index (χ0n) is 16.0. The molecule has 1 unspecified atom stereocenters. The Morgan fingerprint density at radius 2 is 1.50 bits per heavy atom. The number of carbonyl (C=O) groups is 2. The van der Waals surface area contributed by atoms with Crippen LogP contribution in [-0.2, 0) is 9.59 Å². The van der Waals surface area contributed by atoms with Crippen molar-refractivity contribution in [2.75, 3.05) is 24.3 Å². The predicted molar refractivity (Wildman–Crippen MR) is 106 cm³/mol. The van der Waals surface area contributed by atoms with E-state index in [9.17, 15) is 9.59 Å².